The predicted molar refractivity (Wildman–Crippen MR) is 305 cm³/mol. The van der Waals surface area contributed by atoms with Crippen molar-refractivity contribution in [2.24, 2.45) is 35.1 Å². The highest BCUT2D eigenvalue weighted by Crippen LogP contribution is 2.26. The highest BCUT2D eigenvalue weighted by atomic mass is 16.6. The lowest BCUT2D eigenvalue weighted by Gasteiger charge is -2.32. The first-order chi connectivity index (χ1) is 38.6. The summed E-state index contributed by atoms with van der Waals surface area (Å²) in [6, 6.07) is 9.21. The van der Waals surface area contributed by atoms with E-state index in [9.17, 15) is 43.2 Å². The minimum atomic E-state index is -1.21. The van der Waals surface area contributed by atoms with Gasteiger partial charge in [-0.25, -0.2) is 0 Å². The number of hydrogen-bond donors (Lipinski definition) is 10. The molecule has 3 aliphatic rings. The average Bonchev–Trinajstić information content (AvgIpc) is 4.11. The molecule has 448 valence electrons. The van der Waals surface area contributed by atoms with Crippen LogP contribution in [0.3, 0.4) is 0 Å². The highest BCUT2D eigenvalue weighted by molar-refractivity contribution is 5.98. The Kier molecular flexibility index (Phi) is 26.0. The van der Waals surface area contributed by atoms with Crippen molar-refractivity contribution in [2.45, 2.75) is 193 Å². The minimum Gasteiger partial charge on any atom is -0.371 e. The van der Waals surface area contributed by atoms with Gasteiger partial charge in [0.1, 0.15) is 60.5 Å². The van der Waals surface area contributed by atoms with Crippen LogP contribution < -0.4 is 54.0 Å². The van der Waals surface area contributed by atoms with E-state index in [4.69, 9.17) is 20.9 Å². The molecule has 2 aromatic rings. The number of nitrogens with two attached hydrogens (primary N) is 2. The summed E-state index contributed by atoms with van der Waals surface area (Å²) in [4.78, 5) is 131. The number of carbonyl (C=O) groups excluding carboxylic acids is 9. The molecule has 3 saturated heterocycles. The van der Waals surface area contributed by atoms with Crippen molar-refractivity contribution in [3.8, 4) is 0 Å². The standard InChI is InChI=1S/C59H91N11O11/c1-34(2)28-42-51(71)62-32-48-46(80-33-39-20-13-10-14-21-39)31-47(81-48)56(76)69-50(37(7)8)58(78)64-41(23-16-26-61)53(73)66-43(29-35(3)4)54(74)67-44(30-38-18-11-9-12-19-38)59(79)70-27-17-24-45(70)55(75)68-49(36(5)6)57(77)63-40(22-15-25-60)52(72)65-42/h9-14,18-21,34-37,40-50H,15-17,22-33,60-61H2,1-8H3,(H,62,71)(H,63,77)(H,64,78)(H,65,72)(H,66,73)(H,67,74)(H,68,75)(H,69,76)/t40-,41-,42-,43-,44+,45-,46-,47+,48+,49-,50-/m0/s1. The van der Waals surface area contributed by atoms with Crippen LogP contribution in [0.4, 0.5) is 0 Å². The van der Waals surface area contributed by atoms with Gasteiger partial charge in [0.05, 0.1) is 12.7 Å². The summed E-state index contributed by atoms with van der Waals surface area (Å²) in [5, 5.41) is 22.8. The lowest BCUT2D eigenvalue weighted by atomic mass is 9.99. The van der Waals surface area contributed by atoms with E-state index < -0.39 is 132 Å². The lowest BCUT2D eigenvalue weighted by Crippen LogP contribution is -2.61. The van der Waals surface area contributed by atoms with Gasteiger partial charge in [-0.05, 0) is 99.3 Å². The van der Waals surface area contributed by atoms with E-state index in [1.165, 1.54) is 4.90 Å². The maximum Gasteiger partial charge on any atom is 0.249 e. The summed E-state index contributed by atoms with van der Waals surface area (Å²) in [6.45, 7) is 15.1. The Morgan fingerprint density at radius 1 is 0.556 bits per heavy atom. The van der Waals surface area contributed by atoms with Gasteiger partial charge in [0.15, 0.2) is 0 Å². The minimum absolute atomic E-state index is 0.0347. The SMILES string of the molecule is CC(C)C[C@@H]1NC(=O)[C@H](CCCN)NC(=O)[C@H](C(C)C)NC(=O)[C@@H]2CCCN2C(=O)[C@@H](Cc2ccccc2)NC(=O)[C@H](CC(C)C)NC(=O)[C@H](CCCN)NC(=O)[C@H](C(C)C)NC(=O)[C@H]2C[C@H](OCc3ccccc3)[C@@H](CNC1=O)O2. The largest absolute Gasteiger partial charge is 0.371 e. The van der Waals surface area contributed by atoms with Crippen molar-refractivity contribution in [3.05, 3.63) is 71.8 Å². The Bertz CT molecular complexity index is 2410. The number of benzene rings is 2. The summed E-state index contributed by atoms with van der Waals surface area (Å²) < 4.78 is 12.7. The van der Waals surface area contributed by atoms with E-state index in [-0.39, 0.29) is 89.6 Å². The monoisotopic (exact) mass is 1130 g/mol. The molecule has 9 amide bonds. The molecule has 11 atom stereocenters. The Hall–Kier alpha value is -6.49. The number of nitrogens with zero attached hydrogens (tertiary/aromatic N) is 1. The molecule has 0 saturated carbocycles. The van der Waals surface area contributed by atoms with E-state index in [1.807, 2.05) is 76.2 Å². The summed E-state index contributed by atoms with van der Waals surface area (Å²) in [7, 11) is 0. The molecular formula is C59H91N11O11. The molecule has 5 rings (SSSR count). The van der Waals surface area contributed by atoms with Crippen molar-refractivity contribution in [1.82, 2.24) is 47.4 Å². The second-order valence-corrected chi connectivity index (χ2v) is 23.2. The molecule has 22 nitrogen and oxygen atoms in total. The fraction of sp³-hybridized carbons (Fsp3) is 0.644. The summed E-state index contributed by atoms with van der Waals surface area (Å²) in [5.41, 5.74) is 13.4. The first-order valence-electron chi connectivity index (χ1n) is 29.1. The van der Waals surface area contributed by atoms with Gasteiger partial charge in [0.2, 0.25) is 53.2 Å². The molecule has 3 fully saturated rings. The van der Waals surface area contributed by atoms with E-state index >= 15 is 0 Å². The number of ether oxygens (including phenoxy) is 2. The Morgan fingerprint density at radius 2 is 1.02 bits per heavy atom. The van der Waals surface area contributed by atoms with Gasteiger partial charge in [-0.15, -0.1) is 0 Å². The van der Waals surface area contributed by atoms with E-state index in [0.717, 1.165) is 5.56 Å². The lowest BCUT2D eigenvalue weighted by molar-refractivity contribution is -0.143. The van der Waals surface area contributed by atoms with E-state index in [2.05, 4.69) is 42.5 Å². The zero-order chi connectivity index (χ0) is 59.3. The Labute approximate surface area is 477 Å². The van der Waals surface area contributed by atoms with Crippen molar-refractivity contribution >= 4 is 53.2 Å². The molecule has 0 aliphatic carbocycles. The Morgan fingerprint density at radius 3 is 1.53 bits per heavy atom. The van der Waals surface area contributed by atoms with Gasteiger partial charge in [0.25, 0.3) is 0 Å². The number of hydrogen-bond acceptors (Lipinski definition) is 13. The van der Waals surface area contributed by atoms with Crippen molar-refractivity contribution in [1.29, 1.82) is 0 Å². The van der Waals surface area contributed by atoms with Gasteiger partial charge >= 0.3 is 0 Å². The first-order valence-corrected chi connectivity index (χ1v) is 29.1. The molecule has 3 heterocycles. The molecule has 0 aromatic heterocycles. The molecule has 12 N–H and O–H groups in total. The van der Waals surface area contributed by atoms with Crippen LogP contribution in [-0.2, 0) is 65.7 Å². The molecule has 0 spiro atoms. The highest BCUT2D eigenvalue weighted by Gasteiger charge is 2.44. The summed E-state index contributed by atoms with van der Waals surface area (Å²) in [6.07, 6.45) is -0.724. The number of carbonyl (C=O) groups is 9. The van der Waals surface area contributed by atoms with Crippen molar-refractivity contribution in [3.63, 3.8) is 0 Å². The van der Waals surface area contributed by atoms with Crippen LogP contribution in [0.15, 0.2) is 60.7 Å². The van der Waals surface area contributed by atoms with Crippen LogP contribution in [0.2, 0.25) is 0 Å². The molecule has 3 aliphatic heterocycles. The van der Waals surface area contributed by atoms with Crippen molar-refractivity contribution in [2.75, 3.05) is 26.2 Å². The van der Waals surface area contributed by atoms with Crippen molar-refractivity contribution < 1.29 is 52.6 Å². The normalized spacial score (nSPS) is 27.5. The summed E-state index contributed by atoms with van der Waals surface area (Å²) >= 11 is 0. The van der Waals surface area contributed by atoms with Gasteiger partial charge in [0, 0.05) is 25.9 Å². The average molecular weight is 1130 g/mol. The quantitative estimate of drug-likeness (QED) is 0.107. The third kappa shape index (κ3) is 19.9. The molecule has 2 aromatic carbocycles. The van der Waals surface area contributed by atoms with Gasteiger partial charge < -0.3 is 68.4 Å². The van der Waals surface area contributed by atoms with Crippen LogP contribution in [0.5, 0.6) is 0 Å². The number of rotatable bonds is 17. The molecule has 22 heteroatoms. The van der Waals surface area contributed by atoms with E-state index in [0.29, 0.717) is 24.8 Å². The second-order valence-electron chi connectivity index (χ2n) is 23.2. The van der Waals surface area contributed by atoms with Crippen LogP contribution in [0.25, 0.3) is 0 Å². The zero-order valence-corrected chi connectivity index (χ0v) is 48.6. The molecule has 0 radical (unpaired) electrons. The van der Waals surface area contributed by atoms with Crippen LogP contribution in [0.1, 0.15) is 124 Å². The topological polar surface area (TPSA) is 324 Å². The number of amides is 9. The summed E-state index contributed by atoms with van der Waals surface area (Å²) in [5.74, 6) is -6.84. The van der Waals surface area contributed by atoms with Crippen LogP contribution >= 0.6 is 0 Å². The van der Waals surface area contributed by atoms with Gasteiger partial charge in [-0.1, -0.05) is 116 Å². The molecule has 2 bridgehead atoms. The molecular weight excluding hydrogens is 1040 g/mol. The zero-order valence-electron chi connectivity index (χ0n) is 48.6. The molecule has 0 unspecified atom stereocenters. The second kappa shape index (κ2) is 32.2. The Balaban J connectivity index is 1.54. The van der Waals surface area contributed by atoms with Crippen LogP contribution in [0, 0.1) is 23.7 Å². The smallest absolute Gasteiger partial charge is 0.249 e. The first kappa shape index (κ1) is 65.3. The van der Waals surface area contributed by atoms with Gasteiger partial charge in [-0.2, -0.15) is 0 Å². The number of nitrogens with one attached hydrogen (secondary N) is 8. The maximum atomic E-state index is 14.9. The van der Waals surface area contributed by atoms with Crippen LogP contribution in [-0.4, -0.2) is 151 Å². The third-order valence-corrected chi connectivity index (χ3v) is 14.8. The fourth-order valence-electron chi connectivity index (χ4n) is 10.4. The van der Waals surface area contributed by atoms with Gasteiger partial charge in [-0.3, -0.25) is 43.2 Å². The van der Waals surface area contributed by atoms with E-state index in [1.54, 1.807) is 39.8 Å². The third-order valence-electron chi connectivity index (χ3n) is 14.8. The maximum absolute atomic E-state index is 14.9. The predicted octanol–water partition coefficient (Wildman–Crippen LogP) is 1.37. The molecule has 81 heavy (non-hydrogen) atoms. The fourth-order valence-corrected chi connectivity index (χ4v) is 10.4. The number of fused-ring (bicyclic) bond motifs is 3.